The highest BCUT2D eigenvalue weighted by molar-refractivity contribution is 5.50. The number of methoxy groups -OCH3 is 3. The predicted octanol–water partition coefficient (Wildman–Crippen LogP) is 4.58. The molecule has 1 fully saturated rings. The molecule has 0 radical (unpaired) electrons. The molecule has 0 amide bonds. The van der Waals surface area contributed by atoms with Crippen LogP contribution in [0.4, 0.5) is 0 Å². The minimum absolute atomic E-state index is 0.732. The lowest BCUT2D eigenvalue weighted by molar-refractivity contribution is 0.116. The van der Waals surface area contributed by atoms with Crippen LogP contribution in [0.15, 0.2) is 54.6 Å². The number of hydrogen-bond donors (Lipinski definition) is 0. The maximum absolute atomic E-state index is 5.52. The van der Waals surface area contributed by atoms with Gasteiger partial charge in [-0.1, -0.05) is 42.5 Å². The lowest BCUT2D eigenvalue weighted by Crippen LogP contribution is -2.39. The summed E-state index contributed by atoms with van der Waals surface area (Å²) in [6.45, 7) is 7.04. The van der Waals surface area contributed by atoms with Crippen molar-refractivity contribution in [2.24, 2.45) is 5.92 Å². The number of hydrogen-bond acceptors (Lipinski definition) is 5. The Labute approximate surface area is 193 Å². The van der Waals surface area contributed by atoms with Gasteiger partial charge in [-0.15, -0.1) is 0 Å². The van der Waals surface area contributed by atoms with Gasteiger partial charge >= 0.3 is 0 Å². The molecule has 1 aliphatic rings. The van der Waals surface area contributed by atoms with Gasteiger partial charge in [0, 0.05) is 38.9 Å². The van der Waals surface area contributed by atoms with Crippen LogP contribution >= 0.6 is 0 Å². The van der Waals surface area contributed by atoms with E-state index in [9.17, 15) is 0 Å². The highest BCUT2D eigenvalue weighted by atomic mass is 16.5. The van der Waals surface area contributed by atoms with Gasteiger partial charge < -0.3 is 14.2 Å². The van der Waals surface area contributed by atoms with Gasteiger partial charge in [0.25, 0.3) is 0 Å². The van der Waals surface area contributed by atoms with Crippen LogP contribution in [-0.4, -0.2) is 70.5 Å². The fraction of sp³-hybridized carbons (Fsp3) is 0.481. The van der Waals surface area contributed by atoms with Crippen molar-refractivity contribution in [3.8, 4) is 11.5 Å². The van der Waals surface area contributed by atoms with Crippen molar-refractivity contribution in [1.82, 2.24) is 9.80 Å². The number of piperidine rings is 1. The molecule has 5 nitrogen and oxygen atoms in total. The Bertz CT molecular complexity index is 814. The standard InChI is InChI=1S/C27H38N2O3/c1-30-20-19-28(16-6-7-23-10-12-26(31-2)13-11-23)21-24-14-17-29(18-15-24)22-25-8-4-5-9-27(25)32-3/h4-13,24H,14-22H2,1-3H3. The summed E-state index contributed by atoms with van der Waals surface area (Å²) in [6, 6.07) is 16.5. The van der Waals surface area contributed by atoms with Gasteiger partial charge in [0.1, 0.15) is 11.5 Å². The Balaban J connectivity index is 1.47. The second kappa shape index (κ2) is 13.3. The largest absolute Gasteiger partial charge is 0.497 e. The zero-order chi connectivity index (χ0) is 22.6. The van der Waals surface area contributed by atoms with Crippen LogP contribution in [0.2, 0.25) is 0 Å². The molecular formula is C27H38N2O3. The van der Waals surface area contributed by atoms with Crippen LogP contribution in [-0.2, 0) is 11.3 Å². The molecule has 5 heteroatoms. The first kappa shape index (κ1) is 24.3. The predicted molar refractivity (Wildman–Crippen MR) is 131 cm³/mol. The van der Waals surface area contributed by atoms with Crippen molar-refractivity contribution in [1.29, 1.82) is 0 Å². The minimum atomic E-state index is 0.732. The van der Waals surface area contributed by atoms with Crippen LogP contribution in [0.5, 0.6) is 11.5 Å². The van der Waals surface area contributed by atoms with E-state index in [0.717, 1.165) is 63.3 Å². The van der Waals surface area contributed by atoms with Gasteiger partial charge in [0.2, 0.25) is 0 Å². The quantitative estimate of drug-likeness (QED) is 0.485. The number of para-hydroxylation sites is 1. The normalized spacial score (nSPS) is 15.5. The molecule has 3 rings (SSSR count). The third-order valence-corrected chi connectivity index (χ3v) is 6.21. The first-order chi connectivity index (χ1) is 15.7. The Morgan fingerprint density at radius 2 is 1.72 bits per heavy atom. The van der Waals surface area contributed by atoms with E-state index in [2.05, 4.69) is 52.3 Å². The maximum atomic E-state index is 5.52. The van der Waals surface area contributed by atoms with Crippen LogP contribution in [0, 0.1) is 5.92 Å². The average molecular weight is 439 g/mol. The van der Waals surface area contributed by atoms with Crippen LogP contribution in [0.3, 0.4) is 0 Å². The van der Waals surface area contributed by atoms with E-state index in [-0.39, 0.29) is 0 Å². The van der Waals surface area contributed by atoms with Gasteiger partial charge in [-0.2, -0.15) is 0 Å². The molecule has 174 valence electrons. The lowest BCUT2D eigenvalue weighted by Gasteiger charge is -2.34. The van der Waals surface area contributed by atoms with Crippen molar-refractivity contribution in [2.45, 2.75) is 19.4 Å². The van der Waals surface area contributed by atoms with Crippen molar-refractivity contribution >= 4 is 6.08 Å². The SMILES string of the molecule is COCCN(CC=Cc1ccc(OC)cc1)CC1CCN(Cc2ccccc2OC)CC1. The molecule has 1 heterocycles. The first-order valence-electron chi connectivity index (χ1n) is 11.6. The molecule has 0 bridgehead atoms. The van der Waals surface area contributed by atoms with Crippen molar-refractivity contribution in [2.75, 3.05) is 60.7 Å². The van der Waals surface area contributed by atoms with Crippen molar-refractivity contribution in [3.05, 3.63) is 65.7 Å². The summed E-state index contributed by atoms with van der Waals surface area (Å²) in [5.41, 5.74) is 2.47. The number of likely N-dealkylation sites (tertiary alicyclic amines) is 1. The van der Waals surface area contributed by atoms with E-state index in [1.165, 1.54) is 24.0 Å². The molecule has 1 aliphatic heterocycles. The van der Waals surface area contributed by atoms with E-state index in [1.54, 1.807) is 21.3 Å². The second-order valence-electron chi connectivity index (χ2n) is 8.46. The third kappa shape index (κ3) is 7.66. The average Bonchev–Trinajstić information content (AvgIpc) is 2.84. The summed E-state index contributed by atoms with van der Waals surface area (Å²) >= 11 is 0. The fourth-order valence-electron chi connectivity index (χ4n) is 4.30. The Kier molecular flexibility index (Phi) is 10.1. The second-order valence-corrected chi connectivity index (χ2v) is 8.46. The molecule has 0 aromatic heterocycles. The molecule has 0 aliphatic carbocycles. The number of benzene rings is 2. The highest BCUT2D eigenvalue weighted by Crippen LogP contribution is 2.24. The summed E-state index contributed by atoms with van der Waals surface area (Å²) < 4.78 is 16.1. The third-order valence-electron chi connectivity index (χ3n) is 6.21. The van der Waals surface area contributed by atoms with Gasteiger partial charge in [-0.25, -0.2) is 0 Å². The zero-order valence-corrected chi connectivity index (χ0v) is 19.8. The molecule has 0 N–H and O–H groups in total. The van der Waals surface area contributed by atoms with Gasteiger partial charge in [-0.3, -0.25) is 9.80 Å². The first-order valence-corrected chi connectivity index (χ1v) is 11.6. The molecule has 0 spiro atoms. The molecule has 0 atom stereocenters. The molecule has 1 saturated heterocycles. The Morgan fingerprint density at radius 3 is 2.41 bits per heavy atom. The van der Waals surface area contributed by atoms with Crippen LogP contribution in [0.1, 0.15) is 24.0 Å². The van der Waals surface area contributed by atoms with E-state index < -0.39 is 0 Å². The van der Waals surface area contributed by atoms with E-state index in [0.29, 0.717) is 0 Å². The van der Waals surface area contributed by atoms with Gasteiger partial charge in [-0.05, 0) is 55.6 Å². The van der Waals surface area contributed by atoms with Crippen molar-refractivity contribution in [3.63, 3.8) is 0 Å². The zero-order valence-electron chi connectivity index (χ0n) is 19.8. The van der Waals surface area contributed by atoms with E-state index in [1.807, 2.05) is 18.2 Å². The topological polar surface area (TPSA) is 34.2 Å². The lowest BCUT2D eigenvalue weighted by atomic mass is 9.95. The van der Waals surface area contributed by atoms with E-state index >= 15 is 0 Å². The number of rotatable bonds is 12. The van der Waals surface area contributed by atoms with Crippen molar-refractivity contribution < 1.29 is 14.2 Å². The Hall–Kier alpha value is -2.34. The summed E-state index contributed by atoms with van der Waals surface area (Å²) in [5.74, 6) is 2.61. The smallest absolute Gasteiger partial charge is 0.123 e. The number of ether oxygens (including phenoxy) is 3. The van der Waals surface area contributed by atoms with Gasteiger partial charge in [0.05, 0.1) is 20.8 Å². The number of nitrogens with zero attached hydrogens (tertiary/aromatic N) is 2. The summed E-state index contributed by atoms with van der Waals surface area (Å²) in [7, 11) is 5.23. The molecular weight excluding hydrogens is 400 g/mol. The van der Waals surface area contributed by atoms with E-state index in [4.69, 9.17) is 14.2 Å². The molecule has 2 aromatic carbocycles. The molecule has 32 heavy (non-hydrogen) atoms. The van der Waals surface area contributed by atoms with Gasteiger partial charge in [0.15, 0.2) is 0 Å². The fourth-order valence-corrected chi connectivity index (χ4v) is 4.30. The van der Waals surface area contributed by atoms with Crippen LogP contribution < -0.4 is 9.47 Å². The summed E-state index contributed by atoms with van der Waals surface area (Å²) in [5, 5.41) is 0. The Morgan fingerprint density at radius 1 is 0.969 bits per heavy atom. The minimum Gasteiger partial charge on any atom is -0.497 e. The summed E-state index contributed by atoms with van der Waals surface area (Å²) in [4.78, 5) is 5.07. The molecule has 0 unspecified atom stereocenters. The highest BCUT2D eigenvalue weighted by Gasteiger charge is 2.22. The molecule has 0 saturated carbocycles. The van der Waals surface area contributed by atoms with Crippen LogP contribution in [0.25, 0.3) is 6.08 Å². The maximum Gasteiger partial charge on any atom is 0.123 e. The monoisotopic (exact) mass is 438 g/mol. The molecule has 2 aromatic rings. The summed E-state index contributed by atoms with van der Waals surface area (Å²) in [6.07, 6.45) is 6.92.